The molecular weight excluding hydrogens is 391 g/mol. The summed E-state index contributed by atoms with van der Waals surface area (Å²) < 4.78 is 14.9. The zero-order chi connectivity index (χ0) is 20.2. The van der Waals surface area contributed by atoms with Gasteiger partial charge in [-0.2, -0.15) is 5.10 Å². The van der Waals surface area contributed by atoms with Crippen LogP contribution in [0.3, 0.4) is 0 Å². The first-order chi connectivity index (χ1) is 13.9. The number of halogens is 2. The molecule has 0 unspecified atom stereocenters. The average Bonchev–Trinajstić information content (AvgIpc) is 3.09. The van der Waals surface area contributed by atoms with Crippen molar-refractivity contribution in [2.45, 2.75) is 18.9 Å². The van der Waals surface area contributed by atoms with E-state index in [0.717, 1.165) is 28.6 Å². The molecule has 0 aliphatic heterocycles. The molecule has 0 bridgehead atoms. The highest BCUT2D eigenvalue weighted by molar-refractivity contribution is 6.31. The van der Waals surface area contributed by atoms with Crippen LogP contribution in [0.2, 0.25) is 5.02 Å². The van der Waals surface area contributed by atoms with Crippen molar-refractivity contribution in [3.63, 3.8) is 0 Å². The second-order valence-electron chi connectivity index (χ2n) is 7.60. The summed E-state index contributed by atoms with van der Waals surface area (Å²) in [6.45, 7) is 2.10. The molecule has 2 N–H and O–H groups in total. The topological polar surface area (TPSA) is 62.7 Å². The molecule has 1 aliphatic rings. The third-order valence-corrected chi connectivity index (χ3v) is 5.90. The first-order valence-corrected chi connectivity index (χ1v) is 9.74. The Hall–Kier alpha value is -3.12. The van der Waals surface area contributed by atoms with Crippen molar-refractivity contribution in [2.24, 2.45) is 5.92 Å². The molecule has 1 aliphatic carbocycles. The number of nitrogens with zero attached hydrogens (tertiary/aromatic N) is 2. The third kappa shape index (κ3) is 3.09. The van der Waals surface area contributed by atoms with Crippen LogP contribution in [-0.4, -0.2) is 20.7 Å². The van der Waals surface area contributed by atoms with Gasteiger partial charge >= 0.3 is 0 Å². The Bertz CT molecular complexity index is 1230. The summed E-state index contributed by atoms with van der Waals surface area (Å²) in [6, 6.07) is 13.4. The van der Waals surface area contributed by atoms with Crippen molar-refractivity contribution in [3.8, 4) is 5.69 Å². The van der Waals surface area contributed by atoms with Gasteiger partial charge in [0.05, 0.1) is 17.4 Å². The fourth-order valence-electron chi connectivity index (χ4n) is 3.86. The van der Waals surface area contributed by atoms with E-state index in [4.69, 9.17) is 11.6 Å². The molecule has 2 atom stereocenters. The number of H-pyrrole nitrogens is 1. The summed E-state index contributed by atoms with van der Waals surface area (Å²) in [5, 5.41) is 9.11. The summed E-state index contributed by atoms with van der Waals surface area (Å²) in [6.07, 6.45) is 4.49. The molecule has 0 radical (unpaired) electrons. The molecule has 2 heterocycles. The van der Waals surface area contributed by atoms with Gasteiger partial charge in [-0.15, -0.1) is 0 Å². The lowest BCUT2D eigenvalue weighted by molar-refractivity contribution is 0.0923. The third-order valence-electron chi connectivity index (χ3n) is 5.66. The Balaban J connectivity index is 1.42. The Labute approximate surface area is 171 Å². The van der Waals surface area contributed by atoms with Crippen molar-refractivity contribution in [2.75, 3.05) is 0 Å². The summed E-state index contributed by atoms with van der Waals surface area (Å²) in [7, 11) is 0. The second kappa shape index (κ2) is 6.46. The van der Waals surface area contributed by atoms with E-state index >= 15 is 0 Å². The first kappa shape index (κ1) is 17.9. The SMILES string of the molecule is C[C@H]1C[C@@]1(NC(=O)c1cc2cc(Cl)ccc2[nH]1)c1cnn(-c2ccc(F)cc2)c1. The van der Waals surface area contributed by atoms with Gasteiger partial charge in [0.25, 0.3) is 5.91 Å². The maximum Gasteiger partial charge on any atom is 0.268 e. The van der Waals surface area contributed by atoms with Crippen LogP contribution in [0.5, 0.6) is 0 Å². The molecule has 2 aromatic heterocycles. The number of nitrogens with one attached hydrogen (secondary N) is 2. The zero-order valence-electron chi connectivity index (χ0n) is 15.6. The minimum Gasteiger partial charge on any atom is -0.351 e. The maximum atomic E-state index is 13.2. The van der Waals surface area contributed by atoms with Crippen LogP contribution < -0.4 is 5.32 Å². The van der Waals surface area contributed by atoms with Crippen LogP contribution in [0.25, 0.3) is 16.6 Å². The Morgan fingerprint density at radius 3 is 2.76 bits per heavy atom. The number of fused-ring (bicyclic) bond motifs is 1. The van der Waals surface area contributed by atoms with Gasteiger partial charge in [-0.25, -0.2) is 9.07 Å². The van der Waals surface area contributed by atoms with E-state index in [1.54, 1.807) is 35.1 Å². The summed E-state index contributed by atoms with van der Waals surface area (Å²) in [4.78, 5) is 16.1. The van der Waals surface area contributed by atoms with Crippen LogP contribution in [0.4, 0.5) is 4.39 Å². The van der Waals surface area contributed by atoms with Crippen molar-refractivity contribution in [1.82, 2.24) is 20.1 Å². The predicted molar refractivity (Wildman–Crippen MR) is 110 cm³/mol. The number of carbonyl (C=O) groups is 1. The monoisotopic (exact) mass is 408 g/mol. The highest BCUT2D eigenvalue weighted by atomic mass is 35.5. The largest absolute Gasteiger partial charge is 0.351 e. The van der Waals surface area contributed by atoms with Crippen molar-refractivity contribution in [1.29, 1.82) is 0 Å². The molecule has 0 saturated heterocycles. The number of rotatable bonds is 4. The smallest absolute Gasteiger partial charge is 0.268 e. The molecule has 1 fully saturated rings. The van der Waals surface area contributed by atoms with Crippen molar-refractivity contribution < 1.29 is 9.18 Å². The quantitative estimate of drug-likeness (QED) is 0.509. The normalized spacial score (nSPS) is 20.7. The van der Waals surface area contributed by atoms with Gasteiger partial charge in [-0.3, -0.25) is 4.79 Å². The summed E-state index contributed by atoms with van der Waals surface area (Å²) in [5.41, 5.74) is 2.60. The fourth-order valence-corrected chi connectivity index (χ4v) is 4.04. The number of amides is 1. The lowest BCUT2D eigenvalue weighted by Gasteiger charge is -2.17. The van der Waals surface area contributed by atoms with E-state index in [1.165, 1.54) is 12.1 Å². The van der Waals surface area contributed by atoms with Gasteiger partial charge in [0.2, 0.25) is 0 Å². The fraction of sp³-hybridized carbons (Fsp3) is 0.182. The second-order valence-corrected chi connectivity index (χ2v) is 8.03. The van der Waals surface area contributed by atoms with E-state index < -0.39 is 5.54 Å². The van der Waals surface area contributed by atoms with Crippen LogP contribution in [0.1, 0.15) is 29.4 Å². The number of carbonyl (C=O) groups excluding carboxylic acids is 1. The van der Waals surface area contributed by atoms with Crippen molar-refractivity contribution in [3.05, 3.63) is 83.0 Å². The molecular formula is C22H18ClFN4O. The van der Waals surface area contributed by atoms with E-state index in [9.17, 15) is 9.18 Å². The number of aromatic nitrogens is 3. The van der Waals surface area contributed by atoms with Gasteiger partial charge in [0, 0.05) is 27.7 Å². The van der Waals surface area contributed by atoms with E-state index in [1.807, 2.05) is 18.3 Å². The predicted octanol–water partition coefficient (Wildman–Crippen LogP) is 4.81. The first-order valence-electron chi connectivity index (χ1n) is 9.36. The maximum absolute atomic E-state index is 13.2. The molecule has 4 aromatic rings. The number of hydrogen-bond acceptors (Lipinski definition) is 2. The highest BCUT2D eigenvalue weighted by Gasteiger charge is 2.54. The van der Waals surface area contributed by atoms with Gasteiger partial charge in [0.1, 0.15) is 11.5 Å². The van der Waals surface area contributed by atoms with Crippen LogP contribution in [-0.2, 0) is 5.54 Å². The number of benzene rings is 2. The Morgan fingerprint density at radius 2 is 2.03 bits per heavy atom. The van der Waals surface area contributed by atoms with Crippen LogP contribution in [0.15, 0.2) is 60.9 Å². The number of hydrogen-bond donors (Lipinski definition) is 2. The molecule has 29 heavy (non-hydrogen) atoms. The van der Waals surface area contributed by atoms with Crippen LogP contribution >= 0.6 is 11.6 Å². The van der Waals surface area contributed by atoms with Gasteiger partial charge in [0.15, 0.2) is 0 Å². The Morgan fingerprint density at radius 1 is 1.28 bits per heavy atom. The van der Waals surface area contributed by atoms with Gasteiger partial charge in [-0.05, 0) is 60.9 Å². The minimum atomic E-state index is -0.454. The molecule has 0 spiro atoms. The average molecular weight is 409 g/mol. The molecule has 5 rings (SSSR count). The Kier molecular flexibility index (Phi) is 3.99. The number of aromatic amines is 1. The molecule has 5 nitrogen and oxygen atoms in total. The van der Waals surface area contributed by atoms with E-state index in [-0.39, 0.29) is 17.6 Å². The zero-order valence-corrected chi connectivity index (χ0v) is 16.4. The molecule has 1 saturated carbocycles. The molecule has 2 aromatic carbocycles. The molecule has 146 valence electrons. The molecule has 7 heteroatoms. The minimum absolute atomic E-state index is 0.170. The van der Waals surface area contributed by atoms with E-state index in [0.29, 0.717) is 10.7 Å². The highest BCUT2D eigenvalue weighted by Crippen LogP contribution is 2.51. The lowest BCUT2D eigenvalue weighted by Crippen LogP contribution is -2.36. The lowest BCUT2D eigenvalue weighted by atomic mass is 10.1. The van der Waals surface area contributed by atoms with E-state index in [2.05, 4.69) is 22.3 Å². The van der Waals surface area contributed by atoms with Gasteiger partial charge < -0.3 is 10.3 Å². The van der Waals surface area contributed by atoms with Gasteiger partial charge in [-0.1, -0.05) is 18.5 Å². The standard InChI is InChI=1S/C22H18ClFN4O/c1-13-10-22(13,15-11-25-28(12-15)18-5-3-17(24)4-6-18)27-21(29)20-9-14-8-16(23)2-7-19(14)26-20/h2-9,11-13,26H,10H2,1H3,(H,27,29)/t13-,22-/m0/s1. The molecule has 1 amide bonds. The van der Waals surface area contributed by atoms with Crippen molar-refractivity contribution >= 4 is 28.4 Å². The summed E-state index contributed by atoms with van der Waals surface area (Å²) in [5.74, 6) is -0.173. The summed E-state index contributed by atoms with van der Waals surface area (Å²) >= 11 is 6.04. The van der Waals surface area contributed by atoms with Crippen LogP contribution in [0, 0.1) is 11.7 Å².